The Labute approximate surface area is 109 Å². The summed E-state index contributed by atoms with van der Waals surface area (Å²) in [5.74, 6) is 0. The van der Waals surface area contributed by atoms with E-state index in [4.69, 9.17) is 5.26 Å². The van der Waals surface area contributed by atoms with Crippen LogP contribution < -0.4 is 0 Å². The second kappa shape index (κ2) is 4.59. The molecular formula is C15H10N2S. The Morgan fingerprint density at radius 3 is 2.83 bits per heavy atom. The van der Waals surface area contributed by atoms with Gasteiger partial charge in [0.15, 0.2) is 0 Å². The van der Waals surface area contributed by atoms with Crippen molar-refractivity contribution in [1.82, 2.24) is 4.98 Å². The first-order chi connectivity index (χ1) is 8.88. The van der Waals surface area contributed by atoms with Gasteiger partial charge < -0.3 is 0 Å². The van der Waals surface area contributed by atoms with Crippen molar-refractivity contribution in [3.8, 4) is 16.6 Å². The van der Waals surface area contributed by atoms with Crippen LogP contribution in [0.3, 0.4) is 0 Å². The van der Waals surface area contributed by atoms with Crippen molar-refractivity contribution < 1.29 is 0 Å². The van der Waals surface area contributed by atoms with Gasteiger partial charge in [-0.15, -0.1) is 11.3 Å². The highest BCUT2D eigenvalue weighted by atomic mass is 32.1. The fraction of sp³-hybridized carbons (Fsp3) is 0.0667. The minimum Gasteiger partial charge on any atom is -0.240 e. The van der Waals surface area contributed by atoms with Gasteiger partial charge in [-0.05, 0) is 10.8 Å². The molecule has 3 heteroatoms. The summed E-state index contributed by atoms with van der Waals surface area (Å²) in [6.07, 6.45) is 0.376. The third-order valence-electron chi connectivity index (χ3n) is 2.83. The first kappa shape index (κ1) is 10.9. The Morgan fingerprint density at radius 2 is 1.94 bits per heavy atom. The number of nitrogens with zero attached hydrogens (tertiary/aromatic N) is 2. The molecule has 0 aliphatic heterocycles. The van der Waals surface area contributed by atoms with Gasteiger partial charge in [0.1, 0.15) is 5.01 Å². The number of rotatable bonds is 2. The van der Waals surface area contributed by atoms with E-state index in [1.807, 2.05) is 23.6 Å². The topological polar surface area (TPSA) is 36.7 Å². The lowest BCUT2D eigenvalue weighted by Crippen LogP contribution is -1.83. The summed E-state index contributed by atoms with van der Waals surface area (Å²) in [5, 5.41) is 14.0. The van der Waals surface area contributed by atoms with Crippen molar-refractivity contribution in [1.29, 1.82) is 5.26 Å². The largest absolute Gasteiger partial charge is 0.240 e. The molecule has 0 fully saturated rings. The molecule has 0 N–H and O–H groups in total. The number of hydrogen-bond acceptors (Lipinski definition) is 3. The molecule has 3 rings (SSSR count). The molecular weight excluding hydrogens is 240 g/mol. The van der Waals surface area contributed by atoms with Gasteiger partial charge in [-0.25, -0.2) is 4.98 Å². The van der Waals surface area contributed by atoms with Gasteiger partial charge in [0.2, 0.25) is 0 Å². The van der Waals surface area contributed by atoms with Crippen LogP contribution in [0.25, 0.3) is 21.3 Å². The molecule has 0 unspecified atom stereocenters. The summed E-state index contributed by atoms with van der Waals surface area (Å²) in [4.78, 5) is 4.52. The third kappa shape index (κ3) is 1.87. The lowest BCUT2D eigenvalue weighted by atomic mass is 10.1. The molecule has 0 spiro atoms. The van der Waals surface area contributed by atoms with Gasteiger partial charge >= 0.3 is 0 Å². The summed E-state index contributed by atoms with van der Waals surface area (Å²) in [7, 11) is 0. The average Bonchev–Trinajstić information content (AvgIpc) is 2.87. The molecule has 1 heterocycles. The first-order valence-electron chi connectivity index (χ1n) is 5.68. The summed E-state index contributed by atoms with van der Waals surface area (Å²) in [5.41, 5.74) is 1.99. The molecule has 1 aromatic heterocycles. The maximum atomic E-state index is 8.69. The molecule has 0 aliphatic carbocycles. The van der Waals surface area contributed by atoms with Crippen LogP contribution in [-0.2, 0) is 6.42 Å². The SMILES string of the molecule is N#CCc1csc(-c2cccc3ccccc23)n1. The molecule has 0 saturated heterocycles. The zero-order valence-corrected chi connectivity index (χ0v) is 10.4. The van der Waals surface area contributed by atoms with E-state index in [1.165, 1.54) is 10.8 Å². The number of fused-ring (bicyclic) bond motifs is 1. The fourth-order valence-electron chi connectivity index (χ4n) is 2.00. The standard InChI is InChI=1S/C15H10N2S/c16-9-8-12-10-18-15(17-12)14-7-3-5-11-4-1-2-6-13(11)14/h1-7,10H,8H2. The Kier molecular flexibility index (Phi) is 2.79. The maximum absolute atomic E-state index is 8.69. The minimum atomic E-state index is 0.376. The van der Waals surface area contributed by atoms with E-state index in [-0.39, 0.29) is 0 Å². The minimum absolute atomic E-state index is 0.376. The quantitative estimate of drug-likeness (QED) is 0.688. The molecule has 0 amide bonds. The van der Waals surface area contributed by atoms with Gasteiger partial charge in [0, 0.05) is 10.9 Å². The zero-order valence-electron chi connectivity index (χ0n) is 9.63. The van der Waals surface area contributed by atoms with E-state index in [0.29, 0.717) is 6.42 Å². The molecule has 3 aromatic rings. The predicted molar refractivity (Wildman–Crippen MR) is 74.4 cm³/mol. The summed E-state index contributed by atoms with van der Waals surface area (Å²) in [6, 6.07) is 16.6. The number of hydrogen-bond donors (Lipinski definition) is 0. The van der Waals surface area contributed by atoms with Crippen LogP contribution in [0, 0.1) is 11.3 Å². The maximum Gasteiger partial charge on any atom is 0.124 e. The van der Waals surface area contributed by atoms with Gasteiger partial charge in [-0.1, -0.05) is 42.5 Å². The van der Waals surface area contributed by atoms with Crippen LogP contribution >= 0.6 is 11.3 Å². The summed E-state index contributed by atoms with van der Waals surface area (Å²) < 4.78 is 0. The highest BCUT2D eigenvalue weighted by Crippen LogP contribution is 2.30. The third-order valence-corrected chi connectivity index (χ3v) is 3.76. The van der Waals surface area contributed by atoms with E-state index in [9.17, 15) is 0 Å². The van der Waals surface area contributed by atoms with Crippen molar-refractivity contribution in [3.63, 3.8) is 0 Å². The molecule has 2 aromatic carbocycles. The predicted octanol–water partition coefficient (Wildman–Crippen LogP) is 4.03. The monoisotopic (exact) mass is 250 g/mol. The first-order valence-corrected chi connectivity index (χ1v) is 6.56. The fourth-order valence-corrected chi connectivity index (χ4v) is 2.86. The van der Waals surface area contributed by atoms with Crippen molar-refractivity contribution in [3.05, 3.63) is 53.5 Å². The summed E-state index contributed by atoms with van der Waals surface area (Å²) >= 11 is 1.60. The number of thiazole rings is 1. The van der Waals surface area contributed by atoms with Gasteiger partial charge in [0.25, 0.3) is 0 Å². The Balaban J connectivity index is 2.16. The van der Waals surface area contributed by atoms with Crippen molar-refractivity contribution in [2.24, 2.45) is 0 Å². The van der Waals surface area contributed by atoms with Crippen LogP contribution in [-0.4, -0.2) is 4.98 Å². The Hall–Kier alpha value is -2.18. The highest BCUT2D eigenvalue weighted by Gasteiger charge is 2.07. The van der Waals surface area contributed by atoms with Gasteiger partial charge in [-0.2, -0.15) is 5.26 Å². The molecule has 0 radical (unpaired) electrons. The molecule has 0 saturated carbocycles. The van der Waals surface area contributed by atoms with E-state index in [0.717, 1.165) is 16.3 Å². The molecule has 86 valence electrons. The van der Waals surface area contributed by atoms with Crippen molar-refractivity contribution in [2.45, 2.75) is 6.42 Å². The molecule has 2 nitrogen and oxygen atoms in total. The Morgan fingerprint density at radius 1 is 1.11 bits per heavy atom. The zero-order chi connectivity index (χ0) is 12.4. The normalized spacial score (nSPS) is 10.4. The second-order valence-electron chi connectivity index (χ2n) is 4.01. The van der Waals surface area contributed by atoms with E-state index in [2.05, 4.69) is 35.3 Å². The second-order valence-corrected chi connectivity index (χ2v) is 4.86. The smallest absolute Gasteiger partial charge is 0.124 e. The van der Waals surface area contributed by atoms with Crippen LogP contribution in [0.15, 0.2) is 47.8 Å². The van der Waals surface area contributed by atoms with Gasteiger partial charge in [-0.3, -0.25) is 0 Å². The summed E-state index contributed by atoms with van der Waals surface area (Å²) in [6.45, 7) is 0. The van der Waals surface area contributed by atoms with Crippen molar-refractivity contribution >= 4 is 22.1 Å². The van der Waals surface area contributed by atoms with Gasteiger partial charge in [0.05, 0.1) is 18.2 Å². The molecule has 0 aliphatic rings. The van der Waals surface area contributed by atoms with Crippen molar-refractivity contribution in [2.75, 3.05) is 0 Å². The van der Waals surface area contributed by atoms with E-state index < -0.39 is 0 Å². The average molecular weight is 250 g/mol. The molecule has 0 atom stereocenters. The number of benzene rings is 2. The lowest BCUT2D eigenvalue weighted by molar-refractivity contribution is 1.16. The Bertz CT molecular complexity index is 732. The molecule has 18 heavy (non-hydrogen) atoms. The van der Waals surface area contributed by atoms with Crippen LogP contribution in [0.4, 0.5) is 0 Å². The van der Waals surface area contributed by atoms with Crippen LogP contribution in [0.1, 0.15) is 5.69 Å². The number of aromatic nitrogens is 1. The number of nitriles is 1. The lowest BCUT2D eigenvalue weighted by Gasteiger charge is -2.02. The van der Waals surface area contributed by atoms with Crippen LogP contribution in [0.2, 0.25) is 0 Å². The highest BCUT2D eigenvalue weighted by molar-refractivity contribution is 7.13. The van der Waals surface area contributed by atoms with E-state index in [1.54, 1.807) is 11.3 Å². The molecule has 0 bridgehead atoms. The van der Waals surface area contributed by atoms with E-state index >= 15 is 0 Å². The van der Waals surface area contributed by atoms with Crippen LogP contribution in [0.5, 0.6) is 0 Å².